The summed E-state index contributed by atoms with van der Waals surface area (Å²) in [5.41, 5.74) is 0. The van der Waals surface area contributed by atoms with Crippen LogP contribution < -0.4 is 5.32 Å². The third-order valence-electron chi connectivity index (χ3n) is 4.45. The number of aliphatic hydroxyl groups excluding tert-OH is 1. The fourth-order valence-corrected chi connectivity index (χ4v) is 3.12. The number of rotatable bonds is 5. The molecule has 4 atom stereocenters. The summed E-state index contributed by atoms with van der Waals surface area (Å²) in [6, 6.07) is 0.852. The largest absolute Gasteiger partial charge is 0.395 e. The van der Waals surface area contributed by atoms with Crippen molar-refractivity contribution in [1.82, 2.24) is 5.32 Å². The Morgan fingerprint density at radius 3 is 2.29 bits per heavy atom. The van der Waals surface area contributed by atoms with Gasteiger partial charge in [0, 0.05) is 12.1 Å². The lowest BCUT2D eigenvalue weighted by molar-refractivity contribution is 0.125. The van der Waals surface area contributed by atoms with E-state index >= 15 is 0 Å². The molecule has 0 bridgehead atoms. The monoisotopic (exact) mass is 241 g/mol. The van der Waals surface area contributed by atoms with Crippen LogP contribution in [0.1, 0.15) is 53.9 Å². The first-order valence-electron chi connectivity index (χ1n) is 7.32. The van der Waals surface area contributed by atoms with Gasteiger partial charge in [0.2, 0.25) is 0 Å². The van der Waals surface area contributed by atoms with E-state index in [0.29, 0.717) is 12.0 Å². The zero-order chi connectivity index (χ0) is 13.0. The van der Waals surface area contributed by atoms with Gasteiger partial charge >= 0.3 is 0 Å². The number of nitrogens with one attached hydrogen (secondary N) is 1. The molecule has 0 aromatic rings. The topological polar surface area (TPSA) is 32.3 Å². The van der Waals surface area contributed by atoms with Crippen molar-refractivity contribution < 1.29 is 5.11 Å². The molecule has 0 heterocycles. The third-order valence-corrected chi connectivity index (χ3v) is 4.45. The molecule has 1 saturated carbocycles. The highest BCUT2D eigenvalue weighted by atomic mass is 16.3. The van der Waals surface area contributed by atoms with Crippen molar-refractivity contribution in [3.8, 4) is 0 Å². The second-order valence-corrected chi connectivity index (χ2v) is 6.63. The molecule has 1 fully saturated rings. The summed E-state index contributed by atoms with van der Waals surface area (Å²) in [4.78, 5) is 0. The summed E-state index contributed by atoms with van der Waals surface area (Å²) in [6.45, 7) is 11.6. The molecule has 2 heteroatoms. The second kappa shape index (κ2) is 6.75. The molecule has 0 aromatic heterocycles. The summed E-state index contributed by atoms with van der Waals surface area (Å²) in [6.07, 6.45) is 3.98. The van der Waals surface area contributed by atoms with E-state index in [1.54, 1.807) is 0 Å². The first kappa shape index (κ1) is 15.0. The Morgan fingerprint density at radius 1 is 1.18 bits per heavy atom. The van der Waals surface area contributed by atoms with E-state index in [2.05, 4.69) is 39.9 Å². The molecule has 0 aliphatic heterocycles. The van der Waals surface area contributed by atoms with Gasteiger partial charge in [-0.2, -0.15) is 0 Å². The standard InChI is InChI=1S/C15H31NO/c1-10(2)13-7-6-12(5)8-14(13)16-15(9-17)11(3)4/h10-17H,6-9H2,1-5H3. The van der Waals surface area contributed by atoms with Crippen molar-refractivity contribution in [2.45, 2.75) is 66.0 Å². The molecule has 0 amide bonds. The molecule has 0 saturated heterocycles. The maximum absolute atomic E-state index is 9.46. The van der Waals surface area contributed by atoms with Crippen LogP contribution in [-0.4, -0.2) is 23.8 Å². The quantitative estimate of drug-likeness (QED) is 0.775. The Balaban J connectivity index is 2.62. The zero-order valence-electron chi connectivity index (χ0n) is 12.2. The Hall–Kier alpha value is -0.0800. The Bertz CT molecular complexity index is 215. The van der Waals surface area contributed by atoms with Crippen LogP contribution in [0.3, 0.4) is 0 Å². The molecule has 4 unspecified atom stereocenters. The molecule has 102 valence electrons. The summed E-state index contributed by atoms with van der Waals surface area (Å²) < 4.78 is 0. The first-order valence-corrected chi connectivity index (χ1v) is 7.32. The lowest BCUT2D eigenvalue weighted by Crippen LogP contribution is -2.50. The minimum atomic E-state index is 0.256. The van der Waals surface area contributed by atoms with Gasteiger partial charge in [0.15, 0.2) is 0 Å². The third kappa shape index (κ3) is 4.26. The van der Waals surface area contributed by atoms with Crippen LogP contribution in [0.5, 0.6) is 0 Å². The molecule has 0 radical (unpaired) electrons. The Morgan fingerprint density at radius 2 is 1.82 bits per heavy atom. The van der Waals surface area contributed by atoms with E-state index in [9.17, 15) is 5.11 Å². The van der Waals surface area contributed by atoms with Crippen molar-refractivity contribution >= 4 is 0 Å². The summed E-state index contributed by atoms with van der Waals surface area (Å²) in [7, 11) is 0. The predicted molar refractivity (Wildman–Crippen MR) is 74.0 cm³/mol. The fourth-order valence-electron chi connectivity index (χ4n) is 3.12. The molecule has 0 spiro atoms. The van der Waals surface area contributed by atoms with E-state index in [0.717, 1.165) is 17.8 Å². The summed E-state index contributed by atoms with van der Waals surface area (Å²) in [5, 5.41) is 13.2. The molecule has 1 aliphatic rings. The van der Waals surface area contributed by atoms with Crippen molar-refractivity contribution in [2.24, 2.45) is 23.7 Å². The minimum absolute atomic E-state index is 0.256. The normalized spacial score (nSPS) is 32.1. The Labute approximate surface area is 107 Å². The van der Waals surface area contributed by atoms with Crippen molar-refractivity contribution in [3.05, 3.63) is 0 Å². The van der Waals surface area contributed by atoms with Crippen LogP contribution in [0.2, 0.25) is 0 Å². The SMILES string of the molecule is CC1CCC(C(C)C)C(NC(CO)C(C)C)C1. The number of hydrogen-bond donors (Lipinski definition) is 2. The molecule has 2 N–H and O–H groups in total. The Kier molecular flexibility index (Phi) is 5.94. The number of aliphatic hydroxyl groups is 1. The molecule has 2 nitrogen and oxygen atoms in total. The lowest BCUT2D eigenvalue weighted by atomic mass is 9.73. The fraction of sp³-hybridized carbons (Fsp3) is 1.00. The van der Waals surface area contributed by atoms with Crippen LogP contribution in [0, 0.1) is 23.7 Å². The van der Waals surface area contributed by atoms with Crippen LogP contribution in [0.15, 0.2) is 0 Å². The second-order valence-electron chi connectivity index (χ2n) is 6.63. The summed E-state index contributed by atoms with van der Waals surface area (Å²) >= 11 is 0. The molecule has 1 rings (SSSR count). The molecular formula is C15H31NO. The number of hydrogen-bond acceptors (Lipinski definition) is 2. The van der Waals surface area contributed by atoms with Crippen molar-refractivity contribution in [1.29, 1.82) is 0 Å². The summed E-state index contributed by atoms with van der Waals surface area (Å²) in [5.74, 6) is 2.85. The van der Waals surface area contributed by atoms with Gasteiger partial charge in [-0.1, -0.05) is 41.0 Å². The van der Waals surface area contributed by atoms with Crippen LogP contribution >= 0.6 is 0 Å². The molecular weight excluding hydrogens is 210 g/mol. The van der Waals surface area contributed by atoms with Gasteiger partial charge in [-0.3, -0.25) is 0 Å². The van der Waals surface area contributed by atoms with Gasteiger partial charge in [-0.05, 0) is 36.5 Å². The highest BCUT2D eigenvalue weighted by molar-refractivity contribution is 4.88. The lowest BCUT2D eigenvalue weighted by Gasteiger charge is -2.40. The maximum atomic E-state index is 9.46. The van der Waals surface area contributed by atoms with Crippen LogP contribution in [0.25, 0.3) is 0 Å². The van der Waals surface area contributed by atoms with E-state index in [1.807, 2.05) is 0 Å². The van der Waals surface area contributed by atoms with Gasteiger partial charge in [0.05, 0.1) is 6.61 Å². The minimum Gasteiger partial charge on any atom is -0.395 e. The maximum Gasteiger partial charge on any atom is 0.0587 e. The van der Waals surface area contributed by atoms with Crippen LogP contribution in [0.4, 0.5) is 0 Å². The molecule has 1 aliphatic carbocycles. The van der Waals surface area contributed by atoms with Gasteiger partial charge in [0.25, 0.3) is 0 Å². The smallest absolute Gasteiger partial charge is 0.0587 e. The van der Waals surface area contributed by atoms with E-state index in [4.69, 9.17) is 0 Å². The highest BCUT2D eigenvalue weighted by Gasteiger charge is 2.32. The first-order chi connectivity index (χ1) is 7.95. The van der Waals surface area contributed by atoms with Crippen molar-refractivity contribution in [2.75, 3.05) is 6.61 Å². The average molecular weight is 241 g/mol. The van der Waals surface area contributed by atoms with Crippen LogP contribution in [-0.2, 0) is 0 Å². The molecule has 0 aromatic carbocycles. The average Bonchev–Trinajstić information content (AvgIpc) is 2.25. The van der Waals surface area contributed by atoms with Crippen molar-refractivity contribution in [3.63, 3.8) is 0 Å². The van der Waals surface area contributed by atoms with Gasteiger partial charge < -0.3 is 10.4 Å². The highest BCUT2D eigenvalue weighted by Crippen LogP contribution is 2.33. The van der Waals surface area contributed by atoms with Gasteiger partial charge in [0.1, 0.15) is 0 Å². The van der Waals surface area contributed by atoms with E-state index < -0.39 is 0 Å². The van der Waals surface area contributed by atoms with Gasteiger partial charge in [-0.15, -0.1) is 0 Å². The van der Waals surface area contributed by atoms with E-state index in [1.165, 1.54) is 19.3 Å². The van der Waals surface area contributed by atoms with E-state index in [-0.39, 0.29) is 12.6 Å². The van der Waals surface area contributed by atoms with Gasteiger partial charge in [-0.25, -0.2) is 0 Å². The molecule has 17 heavy (non-hydrogen) atoms. The zero-order valence-corrected chi connectivity index (χ0v) is 12.2. The predicted octanol–water partition coefficient (Wildman–Crippen LogP) is 3.05.